The van der Waals surface area contributed by atoms with Crippen molar-refractivity contribution in [1.82, 2.24) is 9.80 Å². The Morgan fingerprint density at radius 3 is 2.32 bits per heavy atom. The summed E-state index contributed by atoms with van der Waals surface area (Å²) in [6, 6.07) is 10.0. The van der Waals surface area contributed by atoms with Crippen LogP contribution < -0.4 is 0 Å². The van der Waals surface area contributed by atoms with Crippen molar-refractivity contribution in [2.45, 2.75) is 58.3 Å². The summed E-state index contributed by atoms with van der Waals surface area (Å²) >= 11 is 0. The van der Waals surface area contributed by atoms with Crippen LogP contribution in [0.25, 0.3) is 0 Å². The van der Waals surface area contributed by atoms with Crippen molar-refractivity contribution >= 4 is 6.03 Å². The lowest BCUT2D eigenvalue weighted by atomic mass is 9.93. The topological polar surface area (TPSA) is 43.8 Å². The van der Waals surface area contributed by atoms with Gasteiger partial charge in [0, 0.05) is 7.05 Å². The Hall–Kier alpha value is -1.55. The van der Waals surface area contributed by atoms with E-state index < -0.39 is 6.10 Å². The molecule has 4 atom stereocenters. The van der Waals surface area contributed by atoms with Crippen LogP contribution in [0, 0.1) is 5.92 Å². The summed E-state index contributed by atoms with van der Waals surface area (Å²) in [5.41, 5.74) is 1.13. The van der Waals surface area contributed by atoms with Crippen LogP contribution in [0.2, 0.25) is 0 Å². The van der Waals surface area contributed by atoms with Crippen LogP contribution in [0.4, 0.5) is 4.79 Å². The molecule has 1 N–H and O–H groups in total. The second-order valence-electron chi connectivity index (χ2n) is 6.61. The molecule has 0 spiro atoms. The van der Waals surface area contributed by atoms with E-state index in [4.69, 9.17) is 0 Å². The second kappa shape index (κ2) is 6.69. The number of hydrogen-bond donors (Lipinski definition) is 1. The van der Waals surface area contributed by atoms with Gasteiger partial charge < -0.3 is 14.9 Å². The third kappa shape index (κ3) is 2.84. The molecular weight excluding hydrogens is 276 g/mol. The lowest BCUT2D eigenvalue weighted by Gasteiger charge is -2.37. The molecule has 0 radical (unpaired) electrons. The van der Waals surface area contributed by atoms with Crippen LogP contribution >= 0.6 is 0 Å². The fourth-order valence-electron chi connectivity index (χ4n) is 3.40. The van der Waals surface area contributed by atoms with Crippen LogP contribution in [0.3, 0.4) is 0 Å². The van der Waals surface area contributed by atoms with E-state index >= 15 is 0 Å². The Bertz CT molecular complexity index is 503. The minimum atomic E-state index is -0.515. The van der Waals surface area contributed by atoms with Gasteiger partial charge in [-0.1, -0.05) is 51.1 Å². The van der Waals surface area contributed by atoms with E-state index in [9.17, 15) is 9.90 Å². The molecule has 1 saturated heterocycles. The molecule has 0 aromatic heterocycles. The van der Waals surface area contributed by atoms with E-state index in [0.29, 0.717) is 0 Å². The third-order valence-corrected chi connectivity index (χ3v) is 4.88. The molecule has 1 aromatic carbocycles. The maximum Gasteiger partial charge on any atom is 0.321 e. The predicted molar refractivity (Wildman–Crippen MR) is 88.6 cm³/mol. The molecule has 1 aliphatic rings. The van der Waals surface area contributed by atoms with Crippen LogP contribution in [0.15, 0.2) is 30.3 Å². The molecule has 4 heteroatoms. The number of amides is 2. The minimum absolute atomic E-state index is 0.00732. The molecule has 0 bridgehead atoms. The Morgan fingerprint density at radius 1 is 1.23 bits per heavy atom. The lowest BCUT2D eigenvalue weighted by Crippen LogP contribution is -2.48. The van der Waals surface area contributed by atoms with Gasteiger partial charge >= 0.3 is 6.03 Å². The molecule has 122 valence electrons. The van der Waals surface area contributed by atoms with Gasteiger partial charge in [-0.3, -0.25) is 0 Å². The summed E-state index contributed by atoms with van der Waals surface area (Å²) in [6.45, 7) is 8.11. The highest BCUT2D eigenvalue weighted by atomic mass is 16.3. The Kier molecular flexibility index (Phi) is 5.12. The number of benzene rings is 1. The Balaban J connectivity index is 2.42. The first-order valence-corrected chi connectivity index (χ1v) is 8.18. The summed E-state index contributed by atoms with van der Waals surface area (Å²) in [5, 5.41) is 10.6. The number of nitrogens with zero attached hydrogens (tertiary/aromatic N) is 2. The SMILES string of the molecule is CC[C@H](C(O)C(C)C)N1C(=O)N(C)[C@@H](C)[C@H]1c1ccccc1. The van der Waals surface area contributed by atoms with Crippen molar-refractivity contribution in [2.24, 2.45) is 5.92 Å². The van der Waals surface area contributed by atoms with E-state index in [1.165, 1.54) is 0 Å². The zero-order valence-electron chi connectivity index (χ0n) is 14.2. The summed E-state index contributed by atoms with van der Waals surface area (Å²) in [7, 11) is 1.84. The number of carbonyl (C=O) groups is 1. The van der Waals surface area contributed by atoms with Crippen LogP contribution in [-0.2, 0) is 0 Å². The van der Waals surface area contributed by atoms with E-state index in [1.54, 1.807) is 4.90 Å². The van der Waals surface area contributed by atoms with Crippen LogP contribution in [0.5, 0.6) is 0 Å². The average molecular weight is 304 g/mol. The fourth-order valence-corrected chi connectivity index (χ4v) is 3.40. The van der Waals surface area contributed by atoms with Crippen LogP contribution in [-0.4, -0.2) is 46.2 Å². The molecule has 4 nitrogen and oxygen atoms in total. The first-order valence-electron chi connectivity index (χ1n) is 8.18. The monoisotopic (exact) mass is 304 g/mol. The maximum absolute atomic E-state index is 12.8. The second-order valence-corrected chi connectivity index (χ2v) is 6.61. The van der Waals surface area contributed by atoms with E-state index in [1.807, 2.05) is 50.9 Å². The molecule has 0 saturated carbocycles. The minimum Gasteiger partial charge on any atom is -0.391 e. The first-order chi connectivity index (χ1) is 10.4. The Morgan fingerprint density at radius 2 is 1.82 bits per heavy atom. The van der Waals surface area contributed by atoms with Gasteiger partial charge in [-0.25, -0.2) is 4.79 Å². The summed E-state index contributed by atoms with van der Waals surface area (Å²) in [4.78, 5) is 16.4. The molecule has 1 fully saturated rings. The molecule has 22 heavy (non-hydrogen) atoms. The molecule has 2 rings (SSSR count). The van der Waals surface area contributed by atoms with Crippen molar-refractivity contribution in [3.63, 3.8) is 0 Å². The standard InChI is InChI=1S/C18H28N2O2/c1-6-15(17(21)12(2)3)20-16(13(4)19(5)18(20)22)14-10-8-7-9-11-14/h7-13,15-17,21H,6H2,1-5H3/t13-,15+,16-,17?/m0/s1. The van der Waals surface area contributed by atoms with E-state index in [2.05, 4.69) is 19.1 Å². The highest BCUT2D eigenvalue weighted by molar-refractivity contribution is 5.78. The van der Waals surface area contributed by atoms with Crippen molar-refractivity contribution < 1.29 is 9.90 Å². The quantitative estimate of drug-likeness (QED) is 0.907. The lowest BCUT2D eigenvalue weighted by molar-refractivity contribution is 0.0254. The van der Waals surface area contributed by atoms with Gasteiger partial charge in [0.05, 0.1) is 24.2 Å². The highest BCUT2D eigenvalue weighted by Gasteiger charge is 2.46. The fraction of sp³-hybridized carbons (Fsp3) is 0.611. The summed E-state index contributed by atoms with van der Waals surface area (Å²) in [6.07, 6.45) is 0.230. The van der Waals surface area contributed by atoms with E-state index in [-0.39, 0.29) is 30.1 Å². The molecule has 2 amide bonds. The molecule has 1 unspecified atom stereocenters. The number of carbonyl (C=O) groups excluding carboxylic acids is 1. The zero-order chi connectivity index (χ0) is 16.4. The van der Waals surface area contributed by atoms with Crippen molar-refractivity contribution in [3.05, 3.63) is 35.9 Å². The molecule has 1 heterocycles. The zero-order valence-corrected chi connectivity index (χ0v) is 14.2. The summed E-state index contributed by atoms with van der Waals surface area (Å²) < 4.78 is 0. The van der Waals surface area contributed by atoms with Gasteiger partial charge in [0.2, 0.25) is 0 Å². The van der Waals surface area contributed by atoms with Crippen molar-refractivity contribution in [3.8, 4) is 0 Å². The normalized spacial score (nSPS) is 25.0. The molecule has 1 aromatic rings. The smallest absolute Gasteiger partial charge is 0.321 e. The molecular formula is C18H28N2O2. The number of aliphatic hydroxyl groups excluding tert-OH is 1. The van der Waals surface area contributed by atoms with Crippen LogP contribution in [0.1, 0.15) is 45.7 Å². The largest absolute Gasteiger partial charge is 0.391 e. The Labute approximate surface area is 133 Å². The molecule has 1 aliphatic heterocycles. The van der Waals surface area contributed by atoms with Crippen molar-refractivity contribution in [1.29, 1.82) is 0 Å². The number of hydrogen-bond acceptors (Lipinski definition) is 2. The number of likely N-dealkylation sites (N-methyl/N-ethyl adjacent to an activating group) is 1. The molecule has 0 aliphatic carbocycles. The van der Waals surface area contributed by atoms with Gasteiger partial charge in [-0.2, -0.15) is 0 Å². The van der Waals surface area contributed by atoms with Gasteiger partial charge in [0.15, 0.2) is 0 Å². The van der Waals surface area contributed by atoms with Gasteiger partial charge in [-0.05, 0) is 24.8 Å². The first kappa shape index (κ1) is 16.8. The average Bonchev–Trinajstić information content (AvgIpc) is 2.73. The third-order valence-electron chi connectivity index (χ3n) is 4.88. The van der Waals surface area contributed by atoms with Gasteiger partial charge in [0.1, 0.15) is 0 Å². The summed E-state index contributed by atoms with van der Waals surface area (Å²) in [5.74, 6) is 0.121. The van der Waals surface area contributed by atoms with Gasteiger partial charge in [-0.15, -0.1) is 0 Å². The highest BCUT2D eigenvalue weighted by Crippen LogP contribution is 2.38. The maximum atomic E-state index is 12.8. The van der Waals surface area contributed by atoms with E-state index in [0.717, 1.165) is 12.0 Å². The number of aliphatic hydroxyl groups is 1. The number of rotatable bonds is 5. The predicted octanol–water partition coefficient (Wildman–Crippen LogP) is 3.28. The number of urea groups is 1. The van der Waals surface area contributed by atoms with Crippen molar-refractivity contribution in [2.75, 3.05) is 7.05 Å². The van der Waals surface area contributed by atoms with Gasteiger partial charge in [0.25, 0.3) is 0 Å².